The highest BCUT2D eigenvalue weighted by molar-refractivity contribution is 4.56. The van der Waals surface area contributed by atoms with Crippen LogP contribution in [0.2, 0.25) is 0 Å². The van der Waals surface area contributed by atoms with Crippen molar-refractivity contribution in [1.29, 1.82) is 0 Å². The molecule has 0 rings (SSSR count). The van der Waals surface area contributed by atoms with Crippen LogP contribution in [0.1, 0.15) is 0 Å². The molecule has 1 unspecified atom stereocenters. The molecule has 0 aliphatic rings. The molecule has 0 fully saturated rings. The Bertz CT molecular complexity index is 87.0. The molecule has 5 nitrogen and oxygen atoms in total. The van der Waals surface area contributed by atoms with Crippen LogP contribution in [0.4, 0.5) is 0 Å². The Hall–Kier alpha value is -0.200. The Balaban J connectivity index is 3.56. The SMILES string of the molecule is CO[C@@H](OCCO)C(O)CO. The number of hydrogen-bond donors (Lipinski definition) is 3. The topological polar surface area (TPSA) is 79.2 Å². The second kappa shape index (κ2) is 6.51. The van der Waals surface area contributed by atoms with Crippen molar-refractivity contribution >= 4 is 0 Å². The van der Waals surface area contributed by atoms with Gasteiger partial charge in [0.05, 0.1) is 19.8 Å². The zero-order chi connectivity index (χ0) is 8.69. The van der Waals surface area contributed by atoms with Crippen molar-refractivity contribution in [2.24, 2.45) is 0 Å². The van der Waals surface area contributed by atoms with Gasteiger partial charge in [-0.05, 0) is 0 Å². The van der Waals surface area contributed by atoms with Crippen LogP contribution in [0, 0.1) is 0 Å². The fraction of sp³-hybridized carbons (Fsp3) is 1.00. The lowest BCUT2D eigenvalue weighted by molar-refractivity contribution is -0.191. The molecule has 0 saturated heterocycles. The fourth-order valence-electron chi connectivity index (χ4n) is 0.591. The molecule has 0 amide bonds. The second-order valence-corrected chi connectivity index (χ2v) is 1.95. The first-order chi connectivity index (χ1) is 5.26. The van der Waals surface area contributed by atoms with Crippen molar-refractivity contribution in [2.75, 3.05) is 26.9 Å². The smallest absolute Gasteiger partial charge is 0.185 e. The number of hydrogen-bond acceptors (Lipinski definition) is 5. The van der Waals surface area contributed by atoms with Crippen LogP contribution >= 0.6 is 0 Å². The van der Waals surface area contributed by atoms with Crippen LogP contribution in [-0.2, 0) is 9.47 Å². The van der Waals surface area contributed by atoms with Crippen LogP contribution < -0.4 is 0 Å². The molecule has 0 aromatic carbocycles. The Kier molecular flexibility index (Phi) is 6.39. The second-order valence-electron chi connectivity index (χ2n) is 1.95. The lowest BCUT2D eigenvalue weighted by Gasteiger charge is -2.19. The zero-order valence-electron chi connectivity index (χ0n) is 6.43. The monoisotopic (exact) mass is 166 g/mol. The first-order valence-electron chi connectivity index (χ1n) is 3.30. The molecule has 0 bridgehead atoms. The van der Waals surface area contributed by atoms with Gasteiger partial charge in [0, 0.05) is 7.11 Å². The van der Waals surface area contributed by atoms with Gasteiger partial charge in [0.2, 0.25) is 0 Å². The van der Waals surface area contributed by atoms with Crippen molar-refractivity contribution in [1.82, 2.24) is 0 Å². The first kappa shape index (κ1) is 10.8. The van der Waals surface area contributed by atoms with E-state index in [1.807, 2.05) is 0 Å². The van der Waals surface area contributed by atoms with E-state index in [0.717, 1.165) is 0 Å². The molecule has 0 aliphatic heterocycles. The number of aliphatic hydroxyl groups excluding tert-OH is 3. The lowest BCUT2D eigenvalue weighted by atomic mass is 10.4. The number of aliphatic hydroxyl groups is 3. The maximum atomic E-state index is 8.96. The summed E-state index contributed by atoms with van der Waals surface area (Å²) in [5, 5.41) is 25.8. The van der Waals surface area contributed by atoms with Crippen LogP contribution in [0.25, 0.3) is 0 Å². The molecule has 3 N–H and O–H groups in total. The van der Waals surface area contributed by atoms with Gasteiger partial charge in [-0.15, -0.1) is 0 Å². The van der Waals surface area contributed by atoms with Gasteiger partial charge >= 0.3 is 0 Å². The third kappa shape index (κ3) is 4.28. The summed E-state index contributed by atoms with van der Waals surface area (Å²) < 4.78 is 9.47. The minimum atomic E-state index is -1.06. The van der Waals surface area contributed by atoms with Gasteiger partial charge < -0.3 is 24.8 Å². The van der Waals surface area contributed by atoms with Crippen molar-refractivity contribution in [3.8, 4) is 0 Å². The van der Waals surface area contributed by atoms with Crippen molar-refractivity contribution in [2.45, 2.75) is 12.4 Å². The van der Waals surface area contributed by atoms with Gasteiger partial charge in [0.15, 0.2) is 6.29 Å². The summed E-state index contributed by atoms with van der Waals surface area (Å²) in [5.41, 5.74) is 0. The van der Waals surface area contributed by atoms with E-state index < -0.39 is 19.0 Å². The van der Waals surface area contributed by atoms with Crippen LogP contribution in [0.3, 0.4) is 0 Å². The van der Waals surface area contributed by atoms with Crippen LogP contribution in [0.15, 0.2) is 0 Å². The summed E-state index contributed by atoms with van der Waals surface area (Å²) in [6.45, 7) is -0.489. The average Bonchev–Trinajstić information content (AvgIpc) is 2.05. The van der Waals surface area contributed by atoms with Gasteiger partial charge in [-0.3, -0.25) is 0 Å². The van der Waals surface area contributed by atoms with E-state index in [1.165, 1.54) is 7.11 Å². The van der Waals surface area contributed by atoms with E-state index >= 15 is 0 Å². The summed E-state index contributed by atoms with van der Waals surface area (Å²) in [6, 6.07) is 0. The summed E-state index contributed by atoms with van der Waals surface area (Å²) >= 11 is 0. The van der Waals surface area contributed by atoms with E-state index in [9.17, 15) is 0 Å². The average molecular weight is 166 g/mol. The Labute approximate surface area is 65.2 Å². The van der Waals surface area contributed by atoms with E-state index in [2.05, 4.69) is 4.74 Å². The van der Waals surface area contributed by atoms with Gasteiger partial charge in [-0.25, -0.2) is 0 Å². The molecule has 0 heterocycles. The Morgan fingerprint density at radius 1 is 1.36 bits per heavy atom. The van der Waals surface area contributed by atoms with Gasteiger partial charge in [-0.2, -0.15) is 0 Å². The molecule has 5 heteroatoms. The van der Waals surface area contributed by atoms with Crippen LogP contribution in [-0.4, -0.2) is 54.6 Å². The summed E-state index contributed by atoms with van der Waals surface area (Å²) in [5.74, 6) is 0. The first-order valence-corrected chi connectivity index (χ1v) is 3.30. The quantitative estimate of drug-likeness (QED) is 0.411. The van der Waals surface area contributed by atoms with Gasteiger partial charge in [0.25, 0.3) is 0 Å². The van der Waals surface area contributed by atoms with E-state index in [-0.39, 0.29) is 13.2 Å². The predicted octanol–water partition coefficient (Wildman–Crippen LogP) is -1.68. The maximum Gasteiger partial charge on any atom is 0.185 e. The Morgan fingerprint density at radius 3 is 2.36 bits per heavy atom. The van der Waals surface area contributed by atoms with Crippen molar-refractivity contribution in [3.63, 3.8) is 0 Å². The maximum absolute atomic E-state index is 8.96. The van der Waals surface area contributed by atoms with E-state index in [1.54, 1.807) is 0 Å². The van der Waals surface area contributed by atoms with E-state index in [4.69, 9.17) is 20.1 Å². The normalized spacial score (nSPS) is 16.4. The molecule has 11 heavy (non-hydrogen) atoms. The summed E-state index contributed by atoms with van der Waals surface area (Å²) in [4.78, 5) is 0. The lowest BCUT2D eigenvalue weighted by Crippen LogP contribution is -2.34. The largest absolute Gasteiger partial charge is 0.394 e. The third-order valence-electron chi connectivity index (χ3n) is 1.11. The molecule has 0 aliphatic carbocycles. The van der Waals surface area contributed by atoms with E-state index in [0.29, 0.717) is 0 Å². The zero-order valence-corrected chi connectivity index (χ0v) is 6.43. The fourth-order valence-corrected chi connectivity index (χ4v) is 0.591. The molecule has 0 aromatic heterocycles. The van der Waals surface area contributed by atoms with Gasteiger partial charge in [0.1, 0.15) is 6.10 Å². The standard InChI is InChI=1S/C6H14O5/c1-10-6(5(9)4-8)11-3-2-7/h5-9H,2-4H2,1H3/t5?,6-/m0/s1. The number of methoxy groups -OCH3 is 1. The number of rotatable bonds is 6. The molecular weight excluding hydrogens is 152 g/mol. The third-order valence-corrected chi connectivity index (χ3v) is 1.11. The highest BCUT2D eigenvalue weighted by atomic mass is 16.7. The molecular formula is C6H14O5. The van der Waals surface area contributed by atoms with Gasteiger partial charge in [-0.1, -0.05) is 0 Å². The summed E-state index contributed by atoms with van der Waals surface area (Å²) in [6.07, 6.45) is -1.93. The minimum Gasteiger partial charge on any atom is -0.394 e. The molecule has 0 saturated carbocycles. The molecule has 68 valence electrons. The highest BCUT2D eigenvalue weighted by Crippen LogP contribution is 1.98. The van der Waals surface area contributed by atoms with Crippen molar-refractivity contribution < 1.29 is 24.8 Å². The van der Waals surface area contributed by atoms with Crippen LogP contribution in [0.5, 0.6) is 0 Å². The molecule has 2 atom stereocenters. The Morgan fingerprint density at radius 2 is 2.00 bits per heavy atom. The highest BCUT2D eigenvalue weighted by Gasteiger charge is 2.17. The van der Waals surface area contributed by atoms with Crippen molar-refractivity contribution in [3.05, 3.63) is 0 Å². The molecule has 0 radical (unpaired) electrons. The molecule has 0 aromatic rings. The number of ether oxygens (including phenoxy) is 2. The minimum absolute atomic E-state index is 0.0789. The summed E-state index contributed by atoms with van der Waals surface area (Å²) in [7, 11) is 1.35. The molecule has 0 spiro atoms. The predicted molar refractivity (Wildman–Crippen MR) is 36.9 cm³/mol.